The minimum absolute atomic E-state index is 0.0158. The van der Waals surface area contributed by atoms with Gasteiger partial charge in [0.15, 0.2) is 0 Å². The second-order valence-corrected chi connectivity index (χ2v) is 9.85. The fourth-order valence-electron chi connectivity index (χ4n) is 5.02. The molecule has 1 aliphatic rings. The summed E-state index contributed by atoms with van der Waals surface area (Å²) < 4.78 is 0. The van der Waals surface area contributed by atoms with Gasteiger partial charge in [-0.2, -0.15) is 0 Å². The lowest BCUT2D eigenvalue weighted by molar-refractivity contribution is -0.121. The van der Waals surface area contributed by atoms with Crippen molar-refractivity contribution in [3.63, 3.8) is 0 Å². The van der Waals surface area contributed by atoms with E-state index in [1.807, 2.05) is 0 Å². The molecule has 0 radical (unpaired) electrons. The first-order chi connectivity index (χ1) is 17.3. The zero-order valence-corrected chi connectivity index (χ0v) is 21.0. The van der Waals surface area contributed by atoms with Crippen LogP contribution < -0.4 is 16.2 Å². The average molecular weight is 493 g/mol. The number of aromatic amines is 1. The number of hydrogen-bond donors (Lipinski definition) is 5. The van der Waals surface area contributed by atoms with Gasteiger partial charge in [-0.05, 0) is 63.0 Å². The summed E-state index contributed by atoms with van der Waals surface area (Å²) in [5.74, 6) is 0.0536. The van der Waals surface area contributed by atoms with Crippen molar-refractivity contribution < 1.29 is 15.0 Å². The number of nitrogens with zero attached hydrogens (tertiary/aromatic N) is 1. The molecule has 0 bridgehead atoms. The Morgan fingerprint density at radius 2 is 1.83 bits per heavy atom. The van der Waals surface area contributed by atoms with Crippen LogP contribution in [-0.4, -0.2) is 58.2 Å². The van der Waals surface area contributed by atoms with Crippen LogP contribution in [0.4, 0.5) is 0 Å². The number of aliphatic hydroxyl groups is 1. The Hall–Kier alpha value is -3.20. The van der Waals surface area contributed by atoms with Gasteiger partial charge >= 0.3 is 0 Å². The van der Waals surface area contributed by atoms with E-state index in [4.69, 9.17) is 0 Å². The predicted octanol–water partition coefficient (Wildman–Crippen LogP) is 2.64. The van der Waals surface area contributed by atoms with Crippen molar-refractivity contribution in [1.29, 1.82) is 0 Å². The Balaban J connectivity index is 1.18. The van der Waals surface area contributed by atoms with Crippen LogP contribution in [0.1, 0.15) is 47.6 Å². The summed E-state index contributed by atoms with van der Waals surface area (Å²) in [6, 6.07) is 12.8. The van der Waals surface area contributed by atoms with Gasteiger partial charge in [0.2, 0.25) is 11.5 Å². The second kappa shape index (κ2) is 11.7. The van der Waals surface area contributed by atoms with E-state index in [0.717, 1.165) is 38.0 Å². The van der Waals surface area contributed by atoms with E-state index in [1.165, 1.54) is 23.3 Å². The van der Waals surface area contributed by atoms with Gasteiger partial charge in [-0.15, -0.1) is 0 Å². The number of carbonyl (C=O) groups is 1. The normalized spacial score (nSPS) is 15.8. The highest BCUT2D eigenvalue weighted by Crippen LogP contribution is 2.28. The molecule has 8 heteroatoms. The number of amides is 1. The van der Waals surface area contributed by atoms with Crippen LogP contribution in [0.3, 0.4) is 0 Å². The monoisotopic (exact) mass is 492 g/mol. The second-order valence-electron chi connectivity index (χ2n) is 9.85. The Morgan fingerprint density at radius 1 is 1.11 bits per heavy atom. The number of H-pyrrole nitrogens is 1. The fourth-order valence-corrected chi connectivity index (χ4v) is 5.02. The quantitative estimate of drug-likeness (QED) is 0.314. The molecule has 2 heterocycles. The molecule has 0 spiro atoms. The van der Waals surface area contributed by atoms with Crippen molar-refractivity contribution in [3.8, 4) is 5.75 Å². The van der Waals surface area contributed by atoms with Crippen LogP contribution >= 0.6 is 0 Å². The number of fused-ring (bicyclic) bond motifs is 1. The third kappa shape index (κ3) is 6.72. The van der Waals surface area contributed by atoms with Crippen molar-refractivity contribution in [2.75, 3.05) is 26.2 Å². The Kier molecular flexibility index (Phi) is 8.40. The summed E-state index contributed by atoms with van der Waals surface area (Å²) >= 11 is 0. The van der Waals surface area contributed by atoms with Crippen LogP contribution in [0, 0.1) is 13.8 Å². The number of piperidine rings is 1. The number of carbonyl (C=O) groups excluding carboxylic acids is 1. The van der Waals surface area contributed by atoms with Gasteiger partial charge in [-0.3, -0.25) is 9.59 Å². The molecule has 1 fully saturated rings. The number of benzene rings is 2. The number of aromatic nitrogens is 1. The number of hydrogen-bond acceptors (Lipinski definition) is 6. The Labute approximate surface area is 211 Å². The third-order valence-corrected chi connectivity index (χ3v) is 6.88. The smallest absolute Gasteiger partial charge is 0.248 e. The van der Waals surface area contributed by atoms with Crippen molar-refractivity contribution in [2.24, 2.45) is 0 Å². The molecule has 0 unspecified atom stereocenters. The zero-order chi connectivity index (χ0) is 25.7. The molecule has 8 nitrogen and oxygen atoms in total. The Bertz CT molecular complexity index is 1240. The number of aryl methyl sites for hydroxylation is 2. The van der Waals surface area contributed by atoms with Crippen LogP contribution in [-0.2, 0) is 11.3 Å². The molecule has 1 atom stereocenters. The van der Waals surface area contributed by atoms with Gasteiger partial charge in [-0.25, -0.2) is 0 Å². The maximum atomic E-state index is 12.3. The molecule has 5 N–H and O–H groups in total. The van der Waals surface area contributed by atoms with Crippen molar-refractivity contribution in [3.05, 3.63) is 75.1 Å². The molecule has 1 aromatic heterocycles. The summed E-state index contributed by atoms with van der Waals surface area (Å²) in [7, 11) is 0. The summed E-state index contributed by atoms with van der Waals surface area (Å²) in [5, 5.41) is 27.9. The topological polar surface area (TPSA) is 118 Å². The van der Waals surface area contributed by atoms with Crippen molar-refractivity contribution in [2.45, 2.75) is 51.8 Å². The van der Waals surface area contributed by atoms with E-state index >= 15 is 0 Å². The number of rotatable bonds is 9. The minimum atomic E-state index is -0.766. The first-order valence-corrected chi connectivity index (χ1v) is 12.6. The zero-order valence-electron chi connectivity index (χ0n) is 21.0. The predicted molar refractivity (Wildman–Crippen MR) is 141 cm³/mol. The average Bonchev–Trinajstić information content (AvgIpc) is 2.85. The van der Waals surface area contributed by atoms with Crippen molar-refractivity contribution >= 4 is 16.8 Å². The molecule has 1 saturated heterocycles. The highest BCUT2D eigenvalue weighted by atomic mass is 16.3. The standard InChI is InChI=1S/C28H36N4O4/c1-18-13-19(2)15-20(14-18)16-30-26(35)9-12-32-10-7-21(8-11-32)29-17-25(34)22-3-5-24(33)28-23(22)4-6-27(36)31-28/h3-6,13-15,21,25,29,33-34H,7-12,16-17H2,1-2H3,(H,30,35)(H,31,36)/t25-/m1/s1. The molecule has 2 aromatic carbocycles. The van der Waals surface area contributed by atoms with Gasteiger partial charge in [0.1, 0.15) is 5.75 Å². The maximum Gasteiger partial charge on any atom is 0.248 e. The Morgan fingerprint density at radius 3 is 2.56 bits per heavy atom. The number of aromatic hydroxyl groups is 1. The molecule has 3 aromatic rings. The number of pyridine rings is 1. The molecule has 1 aliphatic heterocycles. The van der Waals surface area contributed by atoms with E-state index < -0.39 is 6.10 Å². The SMILES string of the molecule is Cc1cc(C)cc(CNC(=O)CCN2CCC(NC[C@@H](O)c3ccc(O)c4[nH]c(=O)ccc34)CC2)c1. The van der Waals surface area contributed by atoms with Crippen LogP contribution in [0.5, 0.6) is 5.75 Å². The largest absolute Gasteiger partial charge is 0.506 e. The lowest BCUT2D eigenvalue weighted by Crippen LogP contribution is -2.44. The maximum absolute atomic E-state index is 12.3. The van der Waals surface area contributed by atoms with Gasteiger partial charge in [-0.1, -0.05) is 35.4 Å². The van der Waals surface area contributed by atoms with E-state index in [1.54, 1.807) is 12.1 Å². The van der Waals surface area contributed by atoms with Crippen LogP contribution in [0.15, 0.2) is 47.3 Å². The number of phenolic OH excluding ortho intramolecular Hbond substituents is 1. The lowest BCUT2D eigenvalue weighted by Gasteiger charge is -2.32. The molecular weight excluding hydrogens is 456 g/mol. The molecule has 4 rings (SSSR count). The number of aliphatic hydroxyl groups excluding tert-OH is 1. The highest BCUT2D eigenvalue weighted by Gasteiger charge is 2.21. The molecule has 192 valence electrons. The number of likely N-dealkylation sites (tertiary alicyclic amines) is 1. The summed E-state index contributed by atoms with van der Waals surface area (Å²) in [4.78, 5) is 28.9. The lowest BCUT2D eigenvalue weighted by atomic mass is 10.0. The molecule has 0 saturated carbocycles. The number of phenols is 1. The summed E-state index contributed by atoms with van der Waals surface area (Å²) in [6.07, 6.45) is 1.61. The van der Waals surface area contributed by atoms with E-state index in [0.29, 0.717) is 36.0 Å². The van der Waals surface area contributed by atoms with Gasteiger partial charge < -0.3 is 30.7 Å². The molecular formula is C28H36N4O4. The minimum Gasteiger partial charge on any atom is -0.506 e. The van der Waals surface area contributed by atoms with E-state index in [2.05, 4.69) is 52.6 Å². The van der Waals surface area contributed by atoms with E-state index in [-0.39, 0.29) is 23.3 Å². The third-order valence-electron chi connectivity index (χ3n) is 6.88. The molecule has 0 aliphatic carbocycles. The van der Waals surface area contributed by atoms with Gasteiger partial charge in [0, 0.05) is 43.5 Å². The van der Waals surface area contributed by atoms with Crippen LogP contribution in [0.2, 0.25) is 0 Å². The molecule has 1 amide bonds. The molecule has 36 heavy (non-hydrogen) atoms. The number of nitrogens with one attached hydrogen (secondary N) is 3. The van der Waals surface area contributed by atoms with Crippen molar-refractivity contribution in [1.82, 2.24) is 20.5 Å². The van der Waals surface area contributed by atoms with Gasteiger partial charge in [0.05, 0.1) is 11.6 Å². The first kappa shape index (κ1) is 25.9. The first-order valence-electron chi connectivity index (χ1n) is 12.6. The van der Waals surface area contributed by atoms with E-state index in [9.17, 15) is 19.8 Å². The highest BCUT2D eigenvalue weighted by molar-refractivity contribution is 5.87. The van der Waals surface area contributed by atoms with Crippen LogP contribution in [0.25, 0.3) is 10.9 Å². The fraction of sp³-hybridized carbons (Fsp3) is 0.429. The summed E-state index contributed by atoms with van der Waals surface area (Å²) in [5.41, 5.74) is 4.24. The van der Waals surface area contributed by atoms with Gasteiger partial charge in [0.25, 0.3) is 0 Å². The summed E-state index contributed by atoms with van der Waals surface area (Å²) in [6.45, 7) is 7.62.